The summed E-state index contributed by atoms with van der Waals surface area (Å²) in [5, 5.41) is 11.9. The van der Waals surface area contributed by atoms with Crippen LogP contribution >= 0.6 is 0 Å². The second kappa shape index (κ2) is 9.13. The molecule has 1 atom stereocenters. The van der Waals surface area contributed by atoms with Crippen molar-refractivity contribution in [2.75, 3.05) is 13.8 Å². The monoisotopic (exact) mass is 450 g/mol. The molecule has 1 aliphatic rings. The van der Waals surface area contributed by atoms with Gasteiger partial charge in [0.2, 0.25) is 12.9 Å². The summed E-state index contributed by atoms with van der Waals surface area (Å²) in [4.78, 5) is 23.2. The normalized spacial score (nSPS) is 13.4. The van der Waals surface area contributed by atoms with Crippen molar-refractivity contribution in [1.29, 1.82) is 0 Å². The number of urea groups is 1. The number of rotatable bonds is 8. The van der Waals surface area contributed by atoms with Crippen molar-refractivity contribution in [1.82, 2.24) is 10.0 Å². The molecule has 1 aliphatic heterocycles. The minimum Gasteiger partial charge on any atom is -0.478 e. The molecular weight excluding hydrogens is 428 g/mol. The minimum atomic E-state index is -4.10. The fraction of sp³-hybridized carbons (Fsp3) is 0.300. The van der Waals surface area contributed by atoms with E-state index >= 15 is 0 Å². The molecule has 0 saturated heterocycles. The number of ether oxygens (including phenoxy) is 3. The van der Waals surface area contributed by atoms with Crippen molar-refractivity contribution in [2.45, 2.75) is 30.8 Å². The highest BCUT2D eigenvalue weighted by Gasteiger charge is 2.27. The average molecular weight is 450 g/mol. The molecule has 3 N–H and O–H groups in total. The highest BCUT2D eigenvalue weighted by molar-refractivity contribution is 7.90. The quantitative estimate of drug-likeness (QED) is 0.556. The molecule has 1 unspecified atom stereocenters. The first-order chi connectivity index (χ1) is 14.7. The van der Waals surface area contributed by atoms with Crippen LogP contribution in [0.2, 0.25) is 0 Å². The average Bonchev–Trinajstić information content (AvgIpc) is 3.20. The molecule has 31 heavy (non-hydrogen) atoms. The topological polar surface area (TPSA) is 140 Å². The molecule has 0 fully saturated rings. The van der Waals surface area contributed by atoms with Gasteiger partial charge in [-0.1, -0.05) is 19.4 Å². The second-order valence-corrected chi connectivity index (χ2v) is 8.34. The maximum Gasteiger partial charge on any atom is 0.349 e. The van der Waals surface area contributed by atoms with Gasteiger partial charge in [-0.25, -0.2) is 22.7 Å². The van der Waals surface area contributed by atoms with Crippen LogP contribution in [0.15, 0.2) is 41.3 Å². The predicted molar refractivity (Wildman–Crippen MR) is 109 cm³/mol. The molecule has 0 saturated carbocycles. The first-order valence-corrected chi connectivity index (χ1v) is 10.9. The molecule has 0 aromatic heterocycles. The van der Waals surface area contributed by atoms with Crippen LogP contribution in [0.25, 0.3) is 0 Å². The lowest BCUT2D eigenvalue weighted by molar-refractivity contribution is -0.145. The Labute approximate surface area is 179 Å². The van der Waals surface area contributed by atoms with Gasteiger partial charge >= 0.3 is 12.0 Å². The number of carbonyl (C=O) groups excluding carboxylic acids is 1. The van der Waals surface area contributed by atoms with E-state index in [1.807, 2.05) is 11.6 Å². The third-order valence-corrected chi connectivity index (χ3v) is 5.81. The Morgan fingerprint density at radius 1 is 1.16 bits per heavy atom. The molecule has 0 spiro atoms. The van der Waals surface area contributed by atoms with E-state index in [-0.39, 0.29) is 17.4 Å². The molecule has 0 bridgehead atoms. The van der Waals surface area contributed by atoms with Crippen LogP contribution in [0.4, 0.5) is 4.79 Å². The van der Waals surface area contributed by atoms with Crippen LogP contribution in [-0.2, 0) is 21.2 Å². The largest absolute Gasteiger partial charge is 0.478 e. The number of hydrogen-bond acceptors (Lipinski definition) is 7. The lowest BCUT2D eigenvalue weighted by atomic mass is 10.1. The van der Waals surface area contributed by atoms with Crippen molar-refractivity contribution in [3.8, 4) is 17.2 Å². The molecule has 2 aromatic carbocycles. The number of aliphatic carboxylic acids is 1. The highest BCUT2D eigenvalue weighted by Crippen LogP contribution is 2.36. The van der Waals surface area contributed by atoms with Gasteiger partial charge in [-0.2, -0.15) is 0 Å². The predicted octanol–water partition coefficient (Wildman–Crippen LogP) is 2.19. The molecule has 10 nitrogen and oxygen atoms in total. The van der Waals surface area contributed by atoms with Crippen LogP contribution < -0.4 is 24.2 Å². The maximum absolute atomic E-state index is 12.4. The number of carboxylic acids is 1. The number of carbonyl (C=O) groups is 2. The lowest BCUT2D eigenvalue weighted by Gasteiger charge is -2.19. The van der Waals surface area contributed by atoms with E-state index in [4.69, 9.17) is 14.2 Å². The Morgan fingerprint density at radius 2 is 1.90 bits per heavy atom. The summed E-state index contributed by atoms with van der Waals surface area (Å²) in [6, 6.07) is 7.83. The minimum absolute atomic E-state index is 0.0536. The van der Waals surface area contributed by atoms with E-state index in [1.54, 1.807) is 12.1 Å². The van der Waals surface area contributed by atoms with Gasteiger partial charge in [0.05, 0.1) is 4.90 Å². The summed E-state index contributed by atoms with van der Waals surface area (Å²) in [5.41, 5.74) is 0.839. The highest BCUT2D eigenvalue weighted by atomic mass is 32.2. The molecule has 166 valence electrons. The molecule has 11 heteroatoms. The summed E-state index contributed by atoms with van der Waals surface area (Å²) in [6.45, 7) is 1.94. The molecule has 0 radical (unpaired) electrons. The standard InChI is InChI=1S/C20H22N2O8S/c1-3-4-12-9-14(31(26,27)22-20(25)21-2)6-8-15(12)30-18(19(23)24)13-5-7-16-17(10-13)29-11-28-16/h5-10,18H,3-4,11H2,1-2H3,(H,23,24)(H2,21,22,25). The number of fused-ring (bicyclic) bond motifs is 1. The van der Waals surface area contributed by atoms with Crippen LogP contribution in [0.1, 0.15) is 30.6 Å². The van der Waals surface area contributed by atoms with Gasteiger partial charge in [0.15, 0.2) is 11.5 Å². The fourth-order valence-electron chi connectivity index (χ4n) is 3.00. The Balaban J connectivity index is 1.93. The molecule has 0 aliphatic carbocycles. The van der Waals surface area contributed by atoms with E-state index in [1.165, 1.54) is 31.3 Å². The summed E-state index contributed by atoms with van der Waals surface area (Å²) in [7, 11) is -2.80. The van der Waals surface area contributed by atoms with Gasteiger partial charge in [-0.05, 0) is 42.3 Å². The molecule has 3 rings (SSSR count). The van der Waals surface area contributed by atoms with Crippen molar-refractivity contribution in [2.24, 2.45) is 0 Å². The Hall–Kier alpha value is -3.47. The zero-order valence-electron chi connectivity index (χ0n) is 16.9. The van der Waals surface area contributed by atoms with E-state index in [2.05, 4.69) is 5.32 Å². The Bertz CT molecular complexity index is 1100. The van der Waals surface area contributed by atoms with Gasteiger partial charge in [0.25, 0.3) is 10.0 Å². The summed E-state index contributed by atoms with van der Waals surface area (Å²) in [5.74, 6) is -0.0642. The summed E-state index contributed by atoms with van der Waals surface area (Å²) < 4.78 is 43.0. The van der Waals surface area contributed by atoms with Crippen molar-refractivity contribution < 1.29 is 37.3 Å². The second-order valence-electron chi connectivity index (χ2n) is 6.65. The number of amides is 2. The van der Waals surface area contributed by atoms with Crippen LogP contribution in [0.5, 0.6) is 17.2 Å². The van der Waals surface area contributed by atoms with Gasteiger partial charge in [-0.3, -0.25) is 0 Å². The zero-order chi connectivity index (χ0) is 22.6. The summed E-state index contributed by atoms with van der Waals surface area (Å²) in [6.07, 6.45) is -0.257. The van der Waals surface area contributed by atoms with Gasteiger partial charge < -0.3 is 24.6 Å². The Morgan fingerprint density at radius 3 is 2.58 bits per heavy atom. The van der Waals surface area contributed by atoms with Crippen LogP contribution in [-0.4, -0.2) is 39.4 Å². The maximum atomic E-state index is 12.4. The SMILES string of the molecule is CCCc1cc(S(=O)(=O)NC(=O)NC)ccc1OC(C(=O)O)c1ccc2c(c1)OCO2. The molecular formula is C20H22N2O8S. The number of hydrogen-bond donors (Lipinski definition) is 3. The van der Waals surface area contributed by atoms with Gasteiger partial charge in [0, 0.05) is 12.6 Å². The lowest BCUT2D eigenvalue weighted by Crippen LogP contribution is -2.37. The number of aryl methyl sites for hydroxylation is 1. The van der Waals surface area contributed by atoms with Gasteiger partial charge in [-0.15, -0.1) is 0 Å². The van der Waals surface area contributed by atoms with E-state index in [9.17, 15) is 23.1 Å². The Kier molecular flexibility index (Phi) is 6.54. The summed E-state index contributed by atoms with van der Waals surface area (Å²) >= 11 is 0. The molecule has 2 aromatic rings. The van der Waals surface area contributed by atoms with E-state index < -0.39 is 28.1 Å². The molecule has 2 amide bonds. The zero-order valence-corrected chi connectivity index (χ0v) is 17.7. The first kappa shape index (κ1) is 22.2. The van der Waals surface area contributed by atoms with Crippen LogP contribution in [0.3, 0.4) is 0 Å². The fourth-order valence-corrected chi connectivity index (χ4v) is 4.01. The van der Waals surface area contributed by atoms with Crippen molar-refractivity contribution in [3.63, 3.8) is 0 Å². The van der Waals surface area contributed by atoms with Crippen molar-refractivity contribution >= 4 is 22.0 Å². The number of benzene rings is 2. The van der Waals surface area contributed by atoms with Crippen molar-refractivity contribution in [3.05, 3.63) is 47.5 Å². The molecule has 1 heterocycles. The third-order valence-electron chi connectivity index (χ3n) is 4.48. The van der Waals surface area contributed by atoms with E-state index in [0.29, 0.717) is 35.5 Å². The van der Waals surface area contributed by atoms with Gasteiger partial charge in [0.1, 0.15) is 5.75 Å². The first-order valence-electron chi connectivity index (χ1n) is 9.41. The smallest absolute Gasteiger partial charge is 0.349 e. The number of sulfonamides is 1. The number of carboxylic acid groups (broad SMARTS) is 1. The van der Waals surface area contributed by atoms with E-state index in [0.717, 1.165) is 0 Å². The van der Waals surface area contributed by atoms with Crippen LogP contribution in [0, 0.1) is 0 Å². The number of nitrogens with one attached hydrogen (secondary N) is 2. The third kappa shape index (κ3) is 5.00.